The van der Waals surface area contributed by atoms with E-state index in [1.807, 2.05) is 6.08 Å². The van der Waals surface area contributed by atoms with Gasteiger partial charge in [0.1, 0.15) is 73.2 Å². The Bertz CT molecular complexity index is 1750. The Morgan fingerprint density at radius 2 is 0.703 bits per heavy atom. The first kappa shape index (κ1) is 83.5. The van der Waals surface area contributed by atoms with Gasteiger partial charge in [0.2, 0.25) is 5.91 Å². The molecule has 3 saturated heterocycles. The van der Waals surface area contributed by atoms with Gasteiger partial charge >= 0.3 is 0 Å². The highest BCUT2D eigenvalue weighted by molar-refractivity contribution is 5.76. The zero-order chi connectivity index (χ0) is 66.1. The molecule has 536 valence electrons. The van der Waals surface area contributed by atoms with Gasteiger partial charge in [-0.05, 0) is 32.1 Å². The van der Waals surface area contributed by atoms with Crippen LogP contribution in [-0.4, -0.2) is 193 Å². The molecule has 19 heteroatoms. The van der Waals surface area contributed by atoms with Crippen molar-refractivity contribution in [2.75, 3.05) is 26.4 Å². The third-order valence-corrected chi connectivity index (χ3v) is 18.8. The Kier molecular flexibility index (Phi) is 49.8. The van der Waals surface area contributed by atoms with Gasteiger partial charge in [-0.15, -0.1) is 0 Å². The minimum absolute atomic E-state index is 0.241. The zero-order valence-electron chi connectivity index (χ0n) is 56.8. The lowest BCUT2D eigenvalue weighted by Gasteiger charge is -2.48. The number of aliphatic hydroxyl groups is 11. The van der Waals surface area contributed by atoms with Gasteiger partial charge in [0.05, 0.1) is 38.6 Å². The Labute approximate surface area is 549 Å². The normalized spacial score (nSPS) is 27.9. The second kappa shape index (κ2) is 54.3. The van der Waals surface area contributed by atoms with E-state index in [1.165, 1.54) is 225 Å². The molecule has 0 aliphatic carbocycles. The second-order valence-electron chi connectivity index (χ2n) is 26.8. The van der Waals surface area contributed by atoms with Crippen LogP contribution in [0.25, 0.3) is 0 Å². The Hall–Kier alpha value is -1.73. The topological polar surface area (TPSA) is 307 Å². The highest BCUT2D eigenvalue weighted by Crippen LogP contribution is 2.33. The van der Waals surface area contributed by atoms with Crippen molar-refractivity contribution in [3.63, 3.8) is 0 Å². The fourth-order valence-electron chi connectivity index (χ4n) is 12.7. The van der Waals surface area contributed by atoms with Crippen LogP contribution in [-0.2, 0) is 33.2 Å². The van der Waals surface area contributed by atoms with Crippen LogP contribution in [0.4, 0.5) is 0 Å². The average molecular weight is 1300 g/mol. The summed E-state index contributed by atoms with van der Waals surface area (Å²) in [4.78, 5) is 13.4. The maximum Gasteiger partial charge on any atom is 0.220 e. The molecule has 19 nitrogen and oxygen atoms in total. The van der Waals surface area contributed by atoms with Crippen molar-refractivity contribution >= 4 is 5.91 Å². The van der Waals surface area contributed by atoms with E-state index in [0.717, 1.165) is 38.5 Å². The molecule has 3 heterocycles. The quantitative estimate of drug-likeness (QED) is 0.0199. The smallest absolute Gasteiger partial charge is 0.220 e. The first-order chi connectivity index (χ1) is 44.3. The van der Waals surface area contributed by atoms with Crippen molar-refractivity contribution in [2.24, 2.45) is 0 Å². The molecular formula is C72H135NO18. The predicted molar refractivity (Wildman–Crippen MR) is 356 cm³/mol. The lowest BCUT2D eigenvalue weighted by atomic mass is 9.96. The summed E-state index contributed by atoms with van der Waals surface area (Å²) in [5, 5.41) is 121. The van der Waals surface area contributed by atoms with Crippen molar-refractivity contribution < 1.29 is 89.4 Å². The first-order valence-corrected chi connectivity index (χ1v) is 37.1. The summed E-state index contributed by atoms with van der Waals surface area (Å²) in [6.07, 6.45) is 36.0. The van der Waals surface area contributed by atoms with E-state index in [-0.39, 0.29) is 18.9 Å². The van der Waals surface area contributed by atoms with Gasteiger partial charge in [0.15, 0.2) is 18.9 Å². The number of hydrogen-bond donors (Lipinski definition) is 12. The van der Waals surface area contributed by atoms with Crippen LogP contribution in [0.3, 0.4) is 0 Å². The van der Waals surface area contributed by atoms with Gasteiger partial charge in [-0.2, -0.15) is 0 Å². The fraction of sp³-hybridized carbons (Fsp3) is 0.931. The summed E-state index contributed by atoms with van der Waals surface area (Å²) in [7, 11) is 0. The summed E-state index contributed by atoms with van der Waals surface area (Å²) < 4.78 is 34.4. The van der Waals surface area contributed by atoms with Crippen LogP contribution in [0.15, 0.2) is 24.3 Å². The fourth-order valence-corrected chi connectivity index (χ4v) is 12.7. The molecule has 0 aromatic carbocycles. The SMILES string of the molecule is CCCCCCCCCCCCCCCCCCCCCCCC/C=C/CC/C=C/C(O)C(COC1OC(CO)C(OC2OC(CO)C(OC3OC(CO)C(O)C(O)C3O)C(O)C2O)C(O)C1O)NC(=O)CCCCCCCCCCCCCCCCCCCC. The summed E-state index contributed by atoms with van der Waals surface area (Å²) in [5.74, 6) is -0.280. The van der Waals surface area contributed by atoms with Gasteiger partial charge in [-0.1, -0.05) is 282 Å². The molecule has 17 unspecified atom stereocenters. The number of rotatable bonds is 58. The van der Waals surface area contributed by atoms with Crippen molar-refractivity contribution in [3.8, 4) is 0 Å². The third kappa shape index (κ3) is 35.9. The molecule has 12 N–H and O–H groups in total. The third-order valence-electron chi connectivity index (χ3n) is 18.8. The molecule has 3 aliphatic heterocycles. The van der Waals surface area contributed by atoms with E-state index in [9.17, 15) is 61.0 Å². The lowest BCUT2D eigenvalue weighted by Crippen LogP contribution is -2.66. The number of aliphatic hydroxyl groups excluding tert-OH is 11. The van der Waals surface area contributed by atoms with Crippen LogP contribution in [0, 0.1) is 0 Å². The predicted octanol–water partition coefficient (Wildman–Crippen LogP) is 10.6. The van der Waals surface area contributed by atoms with E-state index in [0.29, 0.717) is 12.8 Å². The minimum Gasteiger partial charge on any atom is -0.394 e. The molecule has 0 saturated carbocycles. The van der Waals surface area contributed by atoms with Gasteiger partial charge in [0.25, 0.3) is 0 Å². The minimum atomic E-state index is -1.98. The number of carbonyl (C=O) groups excluding carboxylic acids is 1. The molecule has 3 aliphatic rings. The number of unbranched alkanes of at least 4 members (excludes halogenated alkanes) is 40. The first-order valence-electron chi connectivity index (χ1n) is 37.1. The highest BCUT2D eigenvalue weighted by Gasteiger charge is 2.53. The van der Waals surface area contributed by atoms with E-state index in [2.05, 4.69) is 31.3 Å². The van der Waals surface area contributed by atoms with Crippen LogP contribution in [0.1, 0.15) is 296 Å². The molecule has 0 aromatic rings. The van der Waals surface area contributed by atoms with Crippen LogP contribution >= 0.6 is 0 Å². The number of amides is 1. The lowest BCUT2D eigenvalue weighted by molar-refractivity contribution is -0.379. The monoisotopic (exact) mass is 1300 g/mol. The van der Waals surface area contributed by atoms with Crippen molar-refractivity contribution in [1.29, 1.82) is 0 Å². The Balaban J connectivity index is 1.42. The number of allylic oxidation sites excluding steroid dienone is 3. The molecule has 1 amide bonds. The summed E-state index contributed by atoms with van der Waals surface area (Å²) >= 11 is 0. The zero-order valence-corrected chi connectivity index (χ0v) is 56.8. The molecular weight excluding hydrogens is 1170 g/mol. The van der Waals surface area contributed by atoms with E-state index in [1.54, 1.807) is 6.08 Å². The largest absolute Gasteiger partial charge is 0.394 e. The van der Waals surface area contributed by atoms with Gasteiger partial charge in [0, 0.05) is 6.42 Å². The number of carbonyl (C=O) groups is 1. The van der Waals surface area contributed by atoms with Crippen molar-refractivity contribution in [1.82, 2.24) is 5.32 Å². The molecule has 3 fully saturated rings. The maximum absolute atomic E-state index is 13.4. The summed E-state index contributed by atoms with van der Waals surface area (Å²) in [6.45, 7) is 1.76. The van der Waals surface area contributed by atoms with Gasteiger partial charge < -0.3 is 89.9 Å². The molecule has 0 radical (unpaired) electrons. The molecule has 17 atom stereocenters. The van der Waals surface area contributed by atoms with Crippen LogP contribution in [0.2, 0.25) is 0 Å². The molecule has 0 aromatic heterocycles. The second-order valence-corrected chi connectivity index (χ2v) is 26.8. The summed E-state index contributed by atoms with van der Waals surface area (Å²) in [6, 6.07) is -0.987. The van der Waals surface area contributed by atoms with Crippen molar-refractivity contribution in [2.45, 2.75) is 401 Å². The van der Waals surface area contributed by atoms with Crippen molar-refractivity contribution in [3.05, 3.63) is 24.3 Å². The number of hydrogen-bond acceptors (Lipinski definition) is 18. The molecule has 0 spiro atoms. The van der Waals surface area contributed by atoms with Crippen LogP contribution < -0.4 is 5.32 Å². The Morgan fingerprint density at radius 3 is 1.10 bits per heavy atom. The molecule has 0 bridgehead atoms. The van der Waals surface area contributed by atoms with Gasteiger partial charge in [-0.3, -0.25) is 4.79 Å². The highest BCUT2D eigenvalue weighted by atomic mass is 16.8. The maximum atomic E-state index is 13.4. The molecule has 3 rings (SSSR count). The standard InChI is InChI=1S/C72H135NO18/c1-3-5-7-9-11-13-15-17-19-21-23-24-25-26-27-28-29-30-31-32-33-35-37-39-41-43-45-47-49-56(77)55(73-60(78)50-48-46-44-42-40-38-36-34-22-20-18-16-14-12-10-8-6-4-2)54-86-70-66(84)63(81)68(58(52-75)88-70)91-72-67(85)64(82)69(59(53-76)89-72)90-71-65(83)62(80)61(79)57(51-74)87-71/h39,41,47,49,55-59,61-72,74-77,79-85H,3-38,40,42-46,48,50-54H2,1-2H3,(H,73,78)/b41-39+,49-47+. The Morgan fingerprint density at radius 1 is 0.385 bits per heavy atom. The van der Waals surface area contributed by atoms with E-state index >= 15 is 0 Å². The van der Waals surface area contributed by atoms with Gasteiger partial charge in [-0.25, -0.2) is 0 Å². The molecule has 91 heavy (non-hydrogen) atoms. The van der Waals surface area contributed by atoms with E-state index < -0.39 is 124 Å². The average Bonchev–Trinajstić information content (AvgIpc) is 0.885. The number of nitrogens with one attached hydrogen (secondary N) is 1. The van der Waals surface area contributed by atoms with Crippen LogP contribution in [0.5, 0.6) is 0 Å². The van der Waals surface area contributed by atoms with E-state index in [4.69, 9.17) is 28.4 Å². The summed E-state index contributed by atoms with van der Waals surface area (Å²) in [5.41, 5.74) is 0. The number of ether oxygens (including phenoxy) is 6.